The van der Waals surface area contributed by atoms with Crippen molar-refractivity contribution in [2.45, 2.75) is 12.5 Å². The highest BCUT2D eigenvalue weighted by Gasteiger charge is 2.28. The topological polar surface area (TPSA) is 46.9 Å². The maximum atomic E-state index is 11.6. The molecule has 0 saturated carbocycles. The van der Waals surface area contributed by atoms with Gasteiger partial charge in [0.05, 0.1) is 12.2 Å². The van der Waals surface area contributed by atoms with Crippen LogP contribution in [0.25, 0.3) is 11.1 Å². The third-order valence-corrected chi connectivity index (χ3v) is 3.72. The van der Waals surface area contributed by atoms with Gasteiger partial charge in [0.25, 0.3) is 0 Å². The zero-order valence-electron chi connectivity index (χ0n) is 11.1. The fourth-order valence-electron chi connectivity index (χ4n) is 2.48. The van der Waals surface area contributed by atoms with Crippen molar-refractivity contribution >= 4 is 17.5 Å². The molecular formula is C15H14ClN3O. The Bertz CT molecular complexity index is 689. The van der Waals surface area contributed by atoms with E-state index in [1.54, 1.807) is 10.9 Å². The standard InChI is InChI=1S/C15H14ClN3O/c1-9-5-14(18-15(9)20)12-4-3-11(16)6-13(12)10-7-17-19(2)8-10/h3-4,6-8,14H,1,5H2,2H3,(H,18,20). The van der Waals surface area contributed by atoms with Crippen LogP contribution >= 0.6 is 11.6 Å². The van der Waals surface area contributed by atoms with Crippen LogP contribution in [-0.4, -0.2) is 15.7 Å². The van der Waals surface area contributed by atoms with Gasteiger partial charge in [-0.1, -0.05) is 24.2 Å². The van der Waals surface area contributed by atoms with Gasteiger partial charge in [-0.15, -0.1) is 0 Å². The molecule has 3 rings (SSSR count). The molecule has 1 saturated heterocycles. The van der Waals surface area contributed by atoms with Gasteiger partial charge in [0.15, 0.2) is 0 Å². The van der Waals surface area contributed by atoms with E-state index >= 15 is 0 Å². The molecule has 0 aliphatic carbocycles. The number of rotatable bonds is 2. The van der Waals surface area contributed by atoms with Gasteiger partial charge in [-0.25, -0.2) is 0 Å². The zero-order valence-corrected chi connectivity index (χ0v) is 11.8. The number of halogens is 1. The fourth-order valence-corrected chi connectivity index (χ4v) is 2.65. The predicted octanol–water partition coefficient (Wildman–Crippen LogP) is 2.86. The summed E-state index contributed by atoms with van der Waals surface area (Å²) in [5, 5.41) is 7.80. The number of carbonyl (C=O) groups excluding carboxylic acids is 1. The number of nitrogens with one attached hydrogen (secondary N) is 1. The van der Waals surface area contributed by atoms with Crippen molar-refractivity contribution < 1.29 is 4.79 Å². The molecule has 20 heavy (non-hydrogen) atoms. The van der Waals surface area contributed by atoms with Crippen LogP contribution in [0.3, 0.4) is 0 Å². The van der Waals surface area contributed by atoms with Gasteiger partial charge in [0.2, 0.25) is 5.91 Å². The zero-order chi connectivity index (χ0) is 14.3. The highest BCUT2D eigenvalue weighted by molar-refractivity contribution is 6.30. The van der Waals surface area contributed by atoms with Crippen LogP contribution < -0.4 is 5.32 Å². The summed E-state index contributed by atoms with van der Waals surface area (Å²) in [5.74, 6) is -0.0814. The average Bonchev–Trinajstić information content (AvgIpc) is 2.97. The number of carbonyl (C=O) groups is 1. The summed E-state index contributed by atoms with van der Waals surface area (Å²) in [6.45, 7) is 3.78. The third kappa shape index (κ3) is 2.23. The van der Waals surface area contributed by atoms with Crippen LogP contribution in [-0.2, 0) is 11.8 Å². The molecular weight excluding hydrogens is 274 g/mol. The highest BCUT2D eigenvalue weighted by atomic mass is 35.5. The van der Waals surface area contributed by atoms with E-state index in [4.69, 9.17) is 11.6 Å². The van der Waals surface area contributed by atoms with Crippen LogP contribution in [0.15, 0.2) is 42.7 Å². The lowest BCUT2D eigenvalue weighted by Gasteiger charge is -2.15. The van der Waals surface area contributed by atoms with Crippen LogP contribution in [0.1, 0.15) is 18.0 Å². The first-order valence-electron chi connectivity index (χ1n) is 6.31. The lowest BCUT2D eigenvalue weighted by atomic mass is 9.95. The van der Waals surface area contributed by atoms with Crippen molar-refractivity contribution in [2.24, 2.45) is 7.05 Å². The van der Waals surface area contributed by atoms with Crippen molar-refractivity contribution in [1.29, 1.82) is 0 Å². The number of nitrogens with zero attached hydrogens (tertiary/aromatic N) is 2. The van der Waals surface area contributed by atoms with Crippen molar-refractivity contribution in [3.63, 3.8) is 0 Å². The van der Waals surface area contributed by atoms with Gasteiger partial charge in [0, 0.05) is 35.8 Å². The van der Waals surface area contributed by atoms with E-state index in [1.807, 2.05) is 31.4 Å². The summed E-state index contributed by atoms with van der Waals surface area (Å²) in [5.41, 5.74) is 3.62. The first-order valence-corrected chi connectivity index (χ1v) is 6.69. The quantitative estimate of drug-likeness (QED) is 0.864. The number of hydrogen-bond donors (Lipinski definition) is 1. The first kappa shape index (κ1) is 12.9. The summed E-state index contributed by atoms with van der Waals surface area (Å²) in [7, 11) is 1.87. The number of benzene rings is 1. The normalized spacial score (nSPS) is 18.4. The second-order valence-electron chi connectivity index (χ2n) is 4.97. The van der Waals surface area contributed by atoms with Gasteiger partial charge in [-0.2, -0.15) is 5.10 Å². The van der Waals surface area contributed by atoms with Crippen molar-refractivity contribution in [1.82, 2.24) is 15.1 Å². The highest BCUT2D eigenvalue weighted by Crippen LogP contribution is 2.35. The molecule has 1 aromatic heterocycles. The summed E-state index contributed by atoms with van der Waals surface area (Å²) in [6, 6.07) is 5.64. The van der Waals surface area contributed by atoms with E-state index in [1.165, 1.54) is 0 Å². The van der Waals surface area contributed by atoms with Crippen LogP contribution in [0, 0.1) is 0 Å². The molecule has 1 atom stereocenters. The molecule has 1 N–H and O–H groups in total. The molecule has 1 aromatic carbocycles. The number of amides is 1. The van der Waals surface area contributed by atoms with Gasteiger partial charge in [-0.05, 0) is 23.3 Å². The summed E-state index contributed by atoms with van der Waals surface area (Å²) in [6.07, 6.45) is 4.34. The fraction of sp³-hybridized carbons (Fsp3) is 0.200. The van der Waals surface area contributed by atoms with Crippen LogP contribution in [0.5, 0.6) is 0 Å². The molecule has 1 aliphatic heterocycles. The van der Waals surface area contributed by atoms with Crippen LogP contribution in [0.4, 0.5) is 0 Å². The molecule has 0 spiro atoms. The Morgan fingerprint density at radius 1 is 1.50 bits per heavy atom. The van der Waals surface area contributed by atoms with E-state index in [-0.39, 0.29) is 11.9 Å². The maximum Gasteiger partial charge on any atom is 0.247 e. The minimum absolute atomic E-state index is 0.0533. The monoisotopic (exact) mass is 287 g/mol. The largest absolute Gasteiger partial charge is 0.345 e. The number of aryl methyl sites for hydroxylation is 1. The molecule has 5 heteroatoms. The van der Waals surface area contributed by atoms with E-state index in [0.717, 1.165) is 16.7 Å². The molecule has 2 aromatic rings. The lowest BCUT2D eigenvalue weighted by molar-refractivity contribution is -0.116. The SMILES string of the molecule is C=C1CC(c2ccc(Cl)cc2-c2cnn(C)c2)NC1=O. The molecule has 102 valence electrons. The lowest BCUT2D eigenvalue weighted by Crippen LogP contribution is -2.19. The smallest absolute Gasteiger partial charge is 0.247 e. The molecule has 4 nitrogen and oxygen atoms in total. The molecule has 1 unspecified atom stereocenters. The van der Waals surface area contributed by atoms with E-state index in [0.29, 0.717) is 17.0 Å². The summed E-state index contributed by atoms with van der Waals surface area (Å²) in [4.78, 5) is 11.6. The second kappa shape index (κ2) is 4.80. The molecule has 1 aliphatic rings. The van der Waals surface area contributed by atoms with E-state index in [9.17, 15) is 4.79 Å². The van der Waals surface area contributed by atoms with Crippen LogP contribution in [0.2, 0.25) is 5.02 Å². The molecule has 1 amide bonds. The maximum absolute atomic E-state index is 11.6. The van der Waals surface area contributed by atoms with E-state index < -0.39 is 0 Å². The Morgan fingerprint density at radius 2 is 2.30 bits per heavy atom. The number of aromatic nitrogens is 2. The molecule has 2 heterocycles. The number of hydrogen-bond acceptors (Lipinski definition) is 2. The van der Waals surface area contributed by atoms with Crippen molar-refractivity contribution in [3.8, 4) is 11.1 Å². The Morgan fingerprint density at radius 3 is 2.90 bits per heavy atom. The minimum atomic E-state index is -0.0814. The Labute approximate surface area is 122 Å². The first-order chi connectivity index (χ1) is 9.54. The minimum Gasteiger partial charge on any atom is -0.345 e. The second-order valence-corrected chi connectivity index (χ2v) is 5.40. The van der Waals surface area contributed by atoms with Gasteiger partial charge in [-0.3, -0.25) is 9.48 Å². The molecule has 1 fully saturated rings. The molecule has 0 radical (unpaired) electrons. The summed E-state index contributed by atoms with van der Waals surface area (Å²) >= 11 is 6.11. The van der Waals surface area contributed by atoms with E-state index in [2.05, 4.69) is 17.0 Å². The third-order valence-electron chi connectivity index (χ3n) is 3.48. The van der Waals surface area contributed by atoms with Gasteiger partial charge >= 0.3 is 0 Å². The van der Waals surface area contributed by atoms with Gasteiger partial charge < -0.3 is 5.32 Å². The Hall–Kier alpha value is -2.07. The Balaban J connectivity index is 2.07. The Kier molecular flexibility index (Phi) is 3.10. The summed E-state index contributed by atoms with van der Waals surface area (Å²) < 4.78 is 1.74. The average molecular weight is 288 g/mol. The predicted molar refractivity (Wildman–Crippen MR) is 78.3 cm³/mol. The van der Waals surface area contributed by atoms with Gasteiger partial charge in [0.1, 0.15) is 0 Å². The molecule has 0 bridgehead atoms. The van der Waals surface area contributed by atoms with Crippen molar-refractivity contribution in [3.05, 3.63) is 53.3 Å². The van der Waals surface area contributed by atoms with Crippen molar-refractivity contribution in [2.75, 3.05) is 0 Å².